The Hall–Kier alpha value is -3.46. The molecule has 30 heavy (non-hydrogen) atoms. The van der Waals surface area contributed by atoms with Crippen molar-refractivity contribution < 1.29 is 18.7 Å². The zero-order valence-corrected chi connectivity index (χ0v) is 17.4. The number of carbonyl (C=O) groups excluding carboxylic acids is 1. The lowest BCUT2D eigenvalue weighted by Gasteiger charge is -2.12. The highest BCUT2D eigenvalue weighted by atomic mass is 32.2. The van der Waals surface area contributed by atoms with E-state index in [2.05, 4.69) is 20.5 Å². The number of benzene rings is 2. The number of nitrogens with one attached hydrogen (secondary N) is 2. The molecule has 2 aromatic carbocycles. The van der Waals surface area contributed by atoms with Crippen LogP contribution in [0.4, 0.5) is 5.69 Å². The molecule has 2 N–H and O–H groups in total. The fourth-order valence-electron chi connectivity index (χ4n) is 2.92. The van der Waals surface area contributed by atoms with Crippen LogP contribution >= 0.6 is 11.8 Å². The van der Waals surface area contributed by atoms with E-state index < -0.39 is 5.25 Å². The molecule has 154 valence electrons. The molecule has 0 saturated carbocycles. The molecule has 0 aliphatic carbocycles. The van der Waals surface area contributed by atoms with Crippen molar-refractivity contribution in [2.75, 3.05) is 19.5 Å². The van der Waals surface area contributed by atoms with Gasteiger partial charge < -0.3 is 24.2 Å². The Balaban J connectivity index is 1.42. The van der Waals surface area contributed by atoms with E-state index in [1.165, 1.54) is 11.8 Å². The first-order valence-electron chi connectivity index (χ1n) is 9.18. The van der Waals surface area contributed by atoms with Crippen LogP contribution in [0.25, 0.3) is 22.5 Å². The van der Waals surface area contributed by atoms with Crippen molar-refractivity contribution >= 4 is 34.3 Å². The summed E-state index contributed by atoms with van der Waals surface area (Å²) in [5, 5.41) is 11.9. The Morgan fingerprint density at radius 3 is 2.67 bits per heavy atom. The molecule has 1 unspecified atom stereocenters. The fraction of sp³-hybridized carbons (Fsp3) is 0.190. The summed E-state index contributed by atoms with van der Waals surface area (Å²) in [5.74, 6) is 1.31. The van der Waals surface area contributed by atoms with Crippen LogP contribution in [0.2, 0.25) is 0 Å². The van der Waals surface area contributed by atoms with Gasteiger partial charge in [0, 0.05) is 22.7 Å². The molecule has 0 radical (unpaired) electrons. The summed E-state index contributed by atoms with van der Waals surface area (Å²) in [7, 11) is 3.10. The number of thioether (sulfide) groups is 1. The molecule has 0 aliphatic heterocycles. The SMILES string of the molecule is COc1ccc(NC(=O)C(C)Sc2nnc(-c3cc4ccccc4[nH]3)o2)cc1OC. The number of anilines is 1. The van der Waals surface area contributed by atoms with E-state index in [0.29, 0.717) is 28.3 Å². The van der Waals surface area contributed by atoms with Crippen LogP contribution in [0.3, 0.4) is 0 Å². The lowest BCUT2D eigenvalue weighted by molar-refractivity contribution is -0.115. The van der Waals surface area contributed by atoms with Gasteiger partial charge in [-0.3, -0.25) is 4.79 Å². The van der Waals surface area contributed by atoms with Gasteiger partial charge in [-0.05, 0) is 31.2 Å². The number of hydrogen-bond donors (Lipinski definition) is 2. The van der Waals surface area contributed by atoms with Gasteiger partial charge in [-0.1, -0.05) is 30.0 Å². The first kappa shape index (κ1) is 19.8. The molecule has 1 atom stereocenters. The number of aromatic amines is 1. The van der Waals surface area contributed by atoms with E-state index in [4.69, 9.17) is 13.9 Å². The number of fused-ring (bicyclic) bond motifs is 1. The van der Waals surface area contributed by atoms with Gasteiger partial charge in [0.25, 0.3) is 11.1 Å². The fourth-order valence-corrected chi connectivity index (χ4v) is 3.60. The minimum absolute atomic E-state index is 0.197. The minimum atomic E-state index is -0.450. The van der Waals surface area contributed by atoms with E-state index in [1.807, 2.05) is 30.3 Å². The van der Waals surface area contributed by atoms with Crippen LogP contribution in [-0.2, 0) is 4.79 Å². The molecule has 0 bridgehead atoms. The van der Waals surface area contributed by atoms with Crippen LogP contribution < -0.4 is 14.8 Å². The van der Waals surface area contributed by atoms with Gasteiger partial charge in [0.15, 0.2) is 11.5 Å². The number of carbonyl (C=O) groups is 1. The molecule has 1 amide bonds. The number of rotatable bonds is 7. The number of para-hydroxylation sites is 1. The van der Waals surface area contributed by atoms with Crippen molar-refractivity contribution in [3.8, 4) is 23.1 Å². The largest absolute Gasteiger partial charge is 0.493 e. The molecular weight excluding hydrogens is 404 g/mol. The molecular formula is C21H20N4O4S. The standard InChI is InChI=1S/C21H20N4O4S/c1-12(19(26)22-14-8-9-17(27-2)18(11-14)28-3)30-21-25-24-20(29-21)16-10-13-6-4-5-7-15(13)23-16/h4-12,23H,1-3H3,(H,22,26). The van der Waals surface area contributed by atoms with Gasteiger partial charge in [0.1, 0.15) is 5.69 Å². The molecule has 2 aromatic heterocycles. The number of nitrogens with zero attached hydrogens (tertiary/aromatic N) is 2. The molecule has 0 spiro atoms. The van der Waals surface area contributed by atoms with Gasteiger partial charge in [-0.15, -0.1) is 10.2 Å². The Morgan fingerprint density at radius 1 is 1.10 bits per heavy atom. The molecule has 2 heterocycles. The molecule has 8 nitrogen and oxygen atoms in total. The lowest BCUT2D eigenvalue weighted by Crippen LogP contribution is -2.22. The normalized spacial score (nSPS) is 12.0. The molecule has 4 aromatic rings. The molecule has 0 aliphatic rings. The topological polar surface area (TPSA) is 102 Å². The van der Waals surface area contributed by atoms with Crippen molar-refractivity contribution in [3.05, 3.63) is 48.5 Å². The highest BCUT2D eigenvalue weighted by Gasteiger charge is 2.20. The Labute approximate surface area is 177 Å². The van der Waals surface area contributed by atoms with Crippen molar-refractivity contribution in [1.82, 2.24) is 15.2 Å². The summed E-state index contributed by atoms with van der Waals surface area (Å²) in [6, 6.07) is 15.0. The third-order valence-corrected chi connectivity index (χ3v) is 5.40. The highest BCUT2D eigenvalue weighted by Crippen LogP contribution is 2.31. The maximum Gasteiger partial charge on any atom is 0.277 e. The van der Waals surface area contributed by atoms with Gasteiger partial charge in [-0.2, -0.15) is 0 Å². The molecule has 9 heteroatoms. The monoisotopic (exact) mass is 424 g/mol. The Kier molecular flexibility index (Phi) is 5.62. The zero-order valence-electron chi connectivity index (χ0n) is 16.6. The summed E-state index contributed by atoms with van der Waals surface area (Å²) in [4.78, 5) is 15.8. The second-order valence-corrected chi connectivity index (χ2v) is 7.75. The third kappa shape index (κ3) is 4.11. The zero-order chi connectivity index (χ0) is 21.1. The summed E-state index contributed by atoms with van der Waals surface area (Å²) < 4.78 is 16.2. The summed E-state index contributed by atoms with van der Waals surface area (Å²) in [5.41, 5.74) is 2.33. The first-order chi connectivity index (χ1) is 14.6. The number of ether oxygens (including phenoxy) is 2. The number of H-pyrrole nitrogens is 1. The van der Waals surface area contributed by atoms with Crippen LogP contribution in [0, 0.1) is 0 Å². The van der Waals surface area contributed by atoms with Crippen molar-refractivity contribution in [3.63, 3.8) is 0 Å². The van der Waals surface area contributed by atoms with Crippen LogP contribution in [0.15, 0.2) is 58.2 Å². The highest BCUT2D eigenvalue weighted by molar-refractivity contribution is 8.00. The second-order valence-electron chi connectivity index (χ2n) is 6.46. The van der Waals surface area contributed by atoms with E-state index >= 15 is 0 Å². The second kappa shape index (κ2) is 8.50. The molecule has 0 saturated heterocycles. The van der Waals surface area contributed by atoms with Crippen molar-refractivity contribution in [2.45, 2.75) is 17.4 Å². The molecule has 0 fully saturated rings. The van der Waals surface area contributed by atoms with Gasteiger partial charge >= 0.3 is 0 Å². The van der Waals surface area contributed by atoms with E-state index in [-0.39, 0.29) is 5.91 Å². The van der Waals surface area contributed by atoms with E-state index in [1.54, 1.807) is 39.3 Å². The van der Waals surface area contributed by atoms with E-state index in [9.17, 15) is 4.79 Å². The van der Waals surface area contributed by atoms with Crippen LogP contribution in [-0.4, -0.2) is 40.6 Å². The summed E-state index contributed by atoms with van der Waals surface area (Å²) >= 11 is 1.19. The number of aromatic nitrogens is 3. The number of hydrogen-bond acceptors (Lipinski definition) is 7. The lowest BCUT2D eigenvalue weighted by atomic mass is 10.2. The quantitative estimate of drug-likeness (QED) is 0.425. The Bertz CT molecular complexity index is 1150. The number of amides is 1. The minimum Gasteiger partial charge on any atom is -0.493 e. The van der Waals surface area contributed by atoms with Crippen LogP contribution in [0.5, 0.6) is 11.5 Å². The number of methoxy groups -OCH3 is 2. The van der Waals surface area contributed by atoms with Crippen molar-refractivity contribution in [2.24, 2.45) is 0 Å². The summed E-state index contributed by atoms with van der Waals surface area (Å²) in [6.07, 6.45) is 0. The van der Waals surface area contributed by atoms with E-state index in [0.717, 1.165) is 16.6 Å². The molecule has 4 rings (SSSR count). The van der Waals surface area contributed by atoms with Gasteiger partial charge in [0.05, 0.1) is 19.5 Å². The maximum absolute atomic E-state index is 12.6. The summed E-state index contributed by atoms with van der Waals surface area (Å²) in [6.45, 7) is 1.77. The van der Waals surface area contributed by atoms with Gasteiger partial charge in [-0.25, -0.2) is 0 Å². The van der Waals surface area contributed by atoms with Gasteiger partial charge in [0.2, 0.25) is 5.91 Å². The average molecular weight is 424 g/mol. The average Bonchev–Trinajstić information content (AvgIpc) is 3.40. The maximum atomic E-state index is 12.6. The van der Waals surface area contributed by atoms with Crippen molar-refractivity contribution in [1.29, 1.82) is 0 Å². The predicted molar refractivity (Wildman–Crippen MR) is 115 cm³/mol. The smallest absolute Gasteiger partial charge is 0.277 e. The van der Waals surface area contributed by atoms with Crippen LogP contribution in [0.1, 0.15) is 6.92 Å². The Morgan fingerprint density at radius 2 is 1.90 bits per heavy atom. The first-order valence-corrected chi connectivity index (χ1v) is 10.1. The third-order valence-electron chi connectivity index (χ3n) is 4.46. The predicted octanol–water partition coefficient (Wildman–Crippen LogP) is 4.35.